The molecule has 0 saturated carbocycles. The van der Waals surface area contributed by atoms with Gasteiger partial charge in [-0.15, -0.1) is 0 Å². The van der Waals surface area contributed by atoms with Gasteiger partial charge in [0, 0.05) is 39.3 Å². The zero-order valence-electron chi connectivity index (χ0n) is 10.6. The number of rotatable bonds is 5. The zero-order chi connectivity index (χ0) is 14.4. The Hall–Kier alpha value is -2.38. The summed E-state index contributed by atoms with van der Waals surface area (Å²) in [5.74, 6) is -0.564. The Labute approximate surface area is 109 Å². The molecule has 1 rings (SSSR count). The highest BCUT2D eigenvalue weighted by Crippen LogP contribution is 2.24. The highest BCUT2D eigenvalue weighted by atomic mass is 19.1. The van der Waals surface area contributed by atoms with Crippen molar-refractivity contribution in [3.8, 4) is 0 Å². The molecular formula is C11H15FN4O3. The van der Waals surface area contributed by atoms with Gasteiger partial charge in [0.05, 0.1) is 4.92 Å². The second-order valence-electron chi connectivity index (χ2n) is 3.97. The van der Waals surface area contributed by atoms with Crippen LogP contribution < -0.4 is 10.6 Å². The molecule has 0 saturated heterocycles. The molecule has 104 valence electrons. The van der Waals surface area contributed by atoms with Crippen molar-refractivity contribution < 1.29 is 14.1 Å². The van der Waals surface area contributed by atoms with Crippen molar-refractivity contribution in [1.82, 2.24) is 10.2 Å². The van der Waals surface area contributed by atoms with E-state index in [9.17, 15) is 19.3 Å². The van der Waals surface area contributed by atoms with Gasteiger partial charge >= 0.3 is 6.03 Å². The molecule has 0 aliphatic heterocycles. The van der Waals surface area contributed by atoms with Crippen LogP contribution in [0.5, 0.6) is 0 Å². The van der Waals surface area contributed by atoms with Gasteiger partial charge in [-0.25, -0.2) is 9.18 Å². The zero-order valence-corrected chi connectivity index (χ0v) is 10.6. The number of nitro benzene ring substituents is 1. The van der Waals surface area contributed by atoms with Crippen LogP contribution in [0.4, 0.5) is 20.6 Å². The van der Waals surface area contributed by atoms with Gasteiger partial charge in [0.15, 0.2) is 0 Å². The van der Waals surface area contributed by atoms with Gasteiger partial charge in [-0.2, -0.15) is 0 Å². The molecule has 0 fully saturated rings. The minimum absolute atomic E-state index is 0.0871. The number of urea groups is 1. The number of hydrogen-bond donors (Lipinski definition) is 2. The van der Waals surface area contributed by atoms with Crippen LogP contribution >= 0.6 is 0 Å². The van der Waals surface area contributed by atoms with Crippen molar-refractivity contribution >= 4 is 17.4 Å². The highest BCUT2D eigenvalue weighted by Gasteiger charge is 2.13. The number of carbonyl (C=O) groups is 1. The lowest BCUT2D eigenvalue weighted by Crippen LogP contribution is -2.37. The van der Waals surface area contributed by atoms with E-state index in [1.807, 2.05) is 0 Å². The topological polar surface area (TPSA) is 87.5 Å². The first kappa shape index (κ1) is 14.7. The van der Waals surface area contributed by atoms with E-state index in [0.717, 1.165) is 18.2 Å². The summed E-state index contributed by atoms with van der Waals surface area (Å²) < 4.78 is 13.0. The Balaban J connectivity index is 2.55. The number of amides is 2. The van der Waals surface area contributed by atoms with Gasteiger partial charge in [0.1, 0.15) is 11.5 Å². The molecule has 7 nitrogen and oxygen atoms in total. The van der Waals surface area contributed by atoms with Gasteiger partial charge in [-0.05, 0) is 6.07 Å². The summed E-state index contributed by atoms with van der Waals surface area (Å²) >= 11 is 0. The van der Waals surface area contributed by atoms with Crippen LogP contribution in [0.2, 0.25) is 0 Å². The second kappa shape index (κ2) is 6.53. The van der Waals surface area contributed by atoms with E-state index in [1.54, 1.807) is 14.1 Å². The van der Waals surface area contributed by atoms with Gasteiger partial charge in [0.25, 0.3) is 5.69 Å². The van der Waals surface area contributed by atoms with E-state index in [0.29, 0.717) is 0 Å². The molecule has 0 aromatic heterocycles. The molecule has 0 unspecified atom stereocenters. The summed E-state index contributed by atoms with van der Waals surface area (Å²) in [5.41, 5.74) is -0.121. The lowest BCUT2D eigenvalue weighted by atomic mass is 10.2. The molecule has 0 spiro atoms. The third kappa shape index (κ3) is 4.41. The summed E-state index contributed by atoms with van der Waals surface area (Å²) in [4.78, 5) is 22.7. The molecule has 2 amide bonds. The quantitative estimate of drug-likeness (QED) is 0.481. The number of carbonyl (C=O) groups excluding carboxylic acids is 1. The molecule has 0 atom stereocenters. The average Bonchev–Trinajstić information content (AvgIpc) is 2.33. The number of nitro groups is 1. The van der Waals surface area contributed by atoms with Gasteiger partial charge in [-0.1, -0.05) is 0 Å². The minimum atomic E-state index is -0.597. The molecule has 0 aliphatic rings. The van der Waals surface area contributed by atoms with Crippen molar-refractivity contribution in [2.45, 2.75) is 0 Å². The normalized spacial score (nSPS) is 9.84. The molecule has 1 aromatic carbocycles. The summed E-state index contributed by atoms with van der Waals surface area (Å²) in [5, 5.41) is 16.0. The van der Waals surface area contributed by atoms with Gasteiger partial charge in [-0.3, -0.25) is 10.1 Å². The molecule has 0 radical (unpaired) electrons. The fourth-order valence-electron chi connectivity index (χ4n) is 1.33. The van der Waals surface area contributed by atoms with E-state index in [4.69, 9.17) is 0 Å². The molecular weight excluding hydrogens is 255 g/mol. The first-order chi connectivity index (χ1) is 8.91. The first-order valence-corrected chi connectivity index (χ1v) is 5.55. The monoisotopic (exact) mass is 270 g/mol. The number of hydrogen-bond acceptors (Lipinski definition) is 4. The van der Waals surface area contributed by atoms with E-state index >= 15 is 0 Å². The van der Waals surface area contributed by atoms with Crippen molar-refractivity contribution in [3.63, 3.8) is 0 Å². The molecule has 1 aromatic rings. The maximum absolute atomic E-state index is 13.0. The van der Waals surface area contributed by atoms with Crippen LogP contribution in [0.15, 0.2) is 18.2 Å². The smallest absolute Gasteiger partial charge is 0.316 e. The van der Waals surface area contributed by atoms with Crippen molar-refractivity contribution in [1.29, 1.82) is 0 Å². The molecule has 19 heavy (non-hydrogen) atoms. The Morgan fingerprint density at radius 3 is 2.68 bits per heavy atom. The predicted octanol–water partition coefficient (Wildman–Crippen LogP) is 1.42. The van der Waals surface area contributed by atoms with Crippen molar-refractivity contribution in [2.24, 2.45) is 0 Å². The first-order valence-electron chi connectivity index (χ1n) is 5.55. The molecule has 2 N–H and O–H groups in total. The van der Waals surface area contributed by atoms with Gasteiger partial charge in [0.2, 0.25) is 0 Å². The van der Waals surface area contributed by atoms with Crippen LogP contribution in [0.3, 0.4) is 0 Å². The number of halogens is 1. The molecule has 0 heterocycles. The fourth-order valence-corrected chi connectivity index (χ4v) is 1.33. The Bertz CT molecular complexity index is 479. The summed E-state index contributed by atoms with van der Waals surface area (Å²) in [7, 11) is 3.19. The summed E-state index contributed by atoms with van der Waals surface area (Å²) in [6.45, 7) is 0.522. The van der Waals surface area contributed by atoms with Crippen molar-refractivity contribution in [3.05, 3.63) is 34.1 Å². The maximum Gasteiger partial charge on any atom is 0.316 e. The number of benzene rings is 1. The number of nitrogens with one attached hydrogen (secondary N) is 2. The van der Waals surface area contributed by atoms with E-state index in [2.05, 4.69) is 10.6 Å². The minimum Gasteiger partial charge on any atom is -0.378 e. The summed E-state index contributed by atoms with van der Waals surface area (Å²) in [6, 6.07) is 2.90. The van der Waals surface area contributed by atoms with Gasteiger partial charge < -0.3 is 15.5 Å². The van der Waals surface area contributed by atoms with Crippen LogP contribution in [0.1, 0.15) is 0 Å². The molecule has 0 bridgehead atoms. The Kier molecular flexibility index (Phi) is 5.04. The van der Waals surface area contributed by atoms with E-state index in [1.165, 1.54) is 4.90 Å². The maximum atomic E-state index is 13.0. The standard InChI is InChI=1S/C11H15FN4O3/c1-15(2)11(17)14-6-5-13-9-7-8(12)3-4-10(9)16(18)19/h3-4,7,13H,5-6H2,1-2H3,(H,14,17). The number of anilines is 1. The third-order valence-electron chi connectivity index (χ3n) is 2.28. The Morgan fingerprint density at radius 2 is 2.11 bits per heavy atom. The third-order valence-corrected chi connectivity index (χ3v) is 2.28. The fraction of sp³-hybridized carbons (Fsp3) is 0.364. The van der Waals surface area contributed by atoms with E-state index in [-0.39, 0.29) is 30.5 Å². The Morgan fingerprint density at radius 1 is 1.42 bits per heavy atom. The molecule has 8 heteroatoms. The predicted molar refractivity (Wildman–Crippen MR) is 68.6 cm³/mol. The van der Waals surface area contributed by atoms with Crippen LogP contribution in [-0.4, -0.2) is 43.0 Å². The largest absolute Gasteiger partial charge is 0.378 e. The van der Waals surface area contributed by atoms with Crippen LogP contribution in [-0.2, 0) is 0 Å². The second-order valence-corrected chi connectivity index (χ2v) is 3.97. The SMILES string of the molecule is CN(C)C(=O)NCCNc1cc(F)ccc1[N+](=O)[O-]. The number of nitrogens with zero attached hydrogens (tertiary/aromatic N) is 2. The van der Waals surface area contributed by atoms with E-state index < -0.39 is 10.7 Å². The van der Waals surface area contributed by atoms with Crippen LogP contribution in [0, 0.1) is 15.9 Å². The highest BCUT2D eigenvalue weighted by molar-refractivity contribution is 5.73. The van der Waals surface area contributed by atoms with Crippen molar-refractivity contribution in [2.75, 3.05) is 32.5 Å². The molecule has 0 aliphatic carbocycles. The lowest BCUT2D eigenvalue weighted by molar-refractivity contribution is -0.384. The summed E-state index contributed by atoms with van der Waals surface area (Å²) in [6.07, 6.45) is 0. The lowest BCUT2D eigenvalue weighted by Gasteiger charge is -2.12. The van der Waals surface area contributed by atoms with Crippen LogP contribution in [0.25, 0.3) is 0 Å². The average molecular weight is 270 g/mol.